The number of hydrogen-bond donors (Lipinski definition) is 1. The van der Waals surface area contributed by atoms with E-state index in [1.165, 1.54) is 10.9 Å². The van der Waals surface area contributed by atoms with E-state index in [4.69, 9.17) is 23.2 Å². The molecule has 0 atom stereocenters. The fourth-order valence-electron chi connectivity index (χ4n) is 2.68. The summed E-state index contributed by atoms with van der Waals surface area (Å²) in [7, 11) is 1.67. The number of anilines is 1. The van der Waals surface area contributed by atoms with Crippen LogP contribution in [0.15, 0.2) is 30.5 Å². The number of nitrogens with one attached hydrogen (secondary N) is 1. The summed E-state index contributed by atoms with van der Waals surface area (Å²) < 4.78 is 3.28. The Morgan fingerprint density at radius 2 is 2.04 bits per heavy atom. The molecule has 0 spiro atoms. The third-order valence-corrected chi connectivity index (χ3v) is 4.46. The van der Waals surface area contributed by atoms with Crippen molar-refractivity contribution in [3.8, 4) is 0 Å². The molecule has 3 rings (SSSR count). The minimum atomic E-state index is -0.321. The molecule has 0 aliphatic heterocycles. The van der Waals surface area contributed by atoms with Crippen molar-refractivity contribution in [1.82, 2.24) is 19.6 Å². The molecule has 1 aromatic carbocycles. The second kappa shape index (κ2) is 6.90. The first kappa shape index (κ1) is 17.5. The minimum absolute atomic E-state index is 0.307. The quantitative estimate of drug-likeness (QED) is 0.750. The molecule has 25 heavy (non-hydrogen) atoms. The number of amides is 1. The van der Waals surface area contributed by atoms with Gasteiger partial charge in [-0.3, -0.25) is 14.2 Å². The van der Waals surface area contributed by atoms with E-state index in [1.807, 2.05) is 42.8 Å². The number of nitrogens with zero attached hydrogens (tertiary/aromatic N) is 4. The van der Waals surface area contributed by atoms with Crippen LogP contribution in [0.2, 0.25) is 10.0 Å². The Morgan fingerprint density at radius 3 is 2.68 bits per heavy atom. The van der Waals surface area contributed by atoms with Gasteiger partial charge in [-0.05, 0) is 31.5 Å². The van der Waals surface area contributed by atoms with Gasteiger partial charge >= 0.3 is 0 Å². The van der Waals surface area contributed by atoms with Gasteiger partial charge in [0.05, 0.1) is 34.8 Å². The second-order valence-corrected chi connectivity index (χ2v) is 6.60. The molecule has 0 saturated carbocycles. The van der Waals surface area contributed by atoms with E-state index in [0.29, 0.717) is 28.0 Å². The lowest BCUT2D eigenvalue weighted by molar-refractivity contribution is 0.101. The fourth-order valence-corrected chi connectivity index (χ4v) is 3.14. The Kier molecular flexibility index (Phi) is 4.83. The molecule has 6 nitrogen and oxygen atoms in total. The van der Waals surface area contributed by atoms with E-state index >= 15 is 0 Å². The zero-order chi connectivity index (χ0) is 18.1. The molecular formula is C17H17Cl2N5O. The lowest BCUT2D eigenvalue weighted by Gasteiger charge is -2.08. The average molecular weight is 378 g/mol. The highest BCUT2D eigenvalue weighted by molar-refractivity contribution is 6.34. The Hall–Kier alpha value is -2.31. The summed E-state index contributed by atoms with van der Waals surface area (Å²) in [6.07, 6.45) is 1.44. The molecule has 0 fully saturated rings. The molecular weight excluding hydrogens is 361 g/mol. The first-order chi connectivity index (χ1) is 11.9. The average Bonchev–Trinajstić information content (AvgIpc) is 3.01. The number of halogens is 2. The number of aryl methyl sites for hydroxylation is 2. The maximum Gasteiger partial charge on any atom is 0.275 e. The van der Waals surface area contributed by atoms with Gasteiger partial charge in [0.1, 0.15) is 5.69 Å². The van der Waals surface area contributed by atoms with Gasteiger partial charge in [0.25, 0.3) is 5.91 Å². The van der Waals surface area contributed by atoms with Crippen LogP contribution in [0.1, 0.15) is 27.4 Å². The van der Waals surface area contributed by atoms with Crippen molar-refractivity contribution in [3.63, 3.8) is 0 Å². The predicted octanol–water partition coefficient (Wildman–Crippen LogP) is 3.84. The zero-order valence-electron chi connectivity index (χ0n) is 14.0. The van der Waals surface area contributed by atoms with Crippen molar-refractivity contribution in [2.45, 2.75) is 20.4 Å². The number of hydrogen-bond acceptors (Lipinski definition) is 3. The third-order valence-electron chi connectivity index (χ3n) is 3.95. The predicted molar refractivity (Wildman–Crippen MR) is 98.4 cm³/mol. The lowest BCUT2D eigenvalue weighted by Crippen LogP contribution is -2.17. The van der Waals surface area contributed by atoms with E-state index < -0.39 is 0 Å². The maximum atomic E-state index is 12.5. The highest BCUT2D eigenvalue weighted by atomic mass is 35.5. The maximum absolute atomic E-state index is 12.5. The molecule has 0 aliphatic carbocycles. The standard InChI is InChI=1S/C17H17Cl2N5O/c1-10-15(21-17(25)16-14(19)8-20-23(16)3)11(2)24(22-10)9-12-5-4-6-13(18)7-12/h4-8H,9H2,1-3H3,(H,21,25). The largest absolute Gasteiger partial charge is 0.317 e. The van der Waals surface area contributed by atoms with Crippen LogP contribution in [0.5, 0.6) is 0 Å². The van der Waals surface area contributed by atoms with Crippen LogP contribution >= 0.6 is 23.2 Å². The molecule has 0 bridgehead atoms. The van der Waals surface area contributed by atoms with Gasteiger partial charge in [0.2, 0.25) is 0 Å². The van der Waals surface area contributed by atoms with Gasteiger partial charge in [-0.2, -0.15) is 10.2 Å². The van der Waals surface area contributed by atoms with E-state index in [-0.39, 0.29) is 5.91 Å². The normalized spacial score (nSPS) is 10.9. The number of benzene rings is 1. The molecule has 0 saturated heterocycles. The summed E-state index contributed by atoms with van der Waals surface area (Å²) in [6, 6.07) is 7.60. The molecule has 1 amide bonds. The summed E-state index contributed by atoms with van der Waals surface area (Å²) >= 11 is 12.1. The van der Waals surface area contributed by atoms with Gasteiger partial charge in [-0.1, -0.05) is 35.3 Å². The van der Waals surface area contributed by atoms with Crippen molar-refractivity contribution < 1.29 is 4.79 Å². The first-order valence-corrected chi connectivity index (χ1v) is 8.39. The highest BCUT2D eigenvalue weighted by Crippen LogP contribution is 2.23. The van der Waals surface area contributed by atoms with Crippen LogP contribution in [-0.2, 0) is 13.6 Å². The SMILES string of the molecule is Cc1nn(Cc2cccc(Cl)c2)c(C)c1NC(=O)c1c(Cl)cnn1C. The van der Waals surface area contributed by atoms with E-state index in [2.05, 4.69) is 15.5 Å². The monoisotopic (exact) mass is 377 g/mol. The Balaban J connectivity index is 1.86. The molecule has 1 N–H and O–H groups in total. The van der Waals surface area contributed by atoms with Crippen LogP contribution in [0.25, 0.3) is 0 Å². The van der Waals surface area contributed by atoms with Crippen LogP contribution in [0, 0.1) is 13.8 Å². The summed E-state index contributed by atoms with van der Waals surface area (Å²) in [5.41, 5.74) is 3.59. The summed E-state index contributed by atoms with van der Waals surface area (Å²) in [6.45, 7) is 4.32. The van der Waals surface area contributed by atoms with E-state index in [1.54, 1.807) is 7.05 Å². The van der Waals surface area contributed by atoms with Crippen LogP contribution in [0.4, 0.5) is 5.69 Å². The van der Waals surface area contributed by atoms with Gasteiger partial charge in [0, 0.05) is 12.1 Å². The Bertz CT molecular complexity index is 925. The molecule has 0 unspecified atom stereocenters. The van der Waals surface area contributed by atoms with Gasteiger partial charge in [-0.15, -0.1) is 0 Å². The molecule has 0 aliphatic rings. The summed E-state index contributed by atoms with van der Waals surface area (Å²) in [4.78, 5) is 12.5. The Labute approximate surface area is 155 Å². The lowest BCUT2D eigenvalue weighted by atomic mass is 10.2. The third kappa shape index (κ3) is 3.55. The van der Waals surface area contributed by atoms with Crippen molar-refractivity contribution in [2.24, 2.45) is 7.05 Å². The Morgan fingerprint density at radius 1 is 1.28 bits per heavy atom. The summed E-state index contributed by atoms with van der Waals surface area (Å²) in [5, 5.41) is 12.4. The molecule has 3 aromatic rings. The fraction of sp³-hybridized carbons (Fsp3) is 0.235. The van der Waals surface area contributed by atoms with Gasteiger partial charge < -0.3 is 5.32 Å². The van der Waals surface area contributed by atoms with Crippen molar-refractivity contribution in [1.29, 1.82) is 0 Å². The highest BCUT2D eigenvalue weighted by Gasteiger charge is 2.20. The van der Waals surface area contributed by atoms with Crippen LogP contribution < -0.4 is 5.32 Å². The first-order valence-electron chi connectivity index (χ1n) is 7.64. The molecule has 2 aromatic heterocycles. The van der Waals surface area contributed by atoms with Gasteiger partial charge in [-0.25, -0.2) is 0 Å². The number of rotatable bonds is 4. The molecule has 8 heteroatoms. The molecule has 2 heterocycles. The topological polar surface area (TPSA) is 64.7 Å². The smallest absolute Gasteiger partial charge is 0.275 e. The van der Waals surface area contributed by atoms with E-state index in [9.17, 15) is 4.79 Å². The van der Waals surface area contributed by atoms with Gasteiger partial charge in [0.15, 0.2) is 0 Å². The van der Waals surface area contributed by atoms with Crippen molar-refractivity contribution >= 4 is 34.8 Å². The van der Waals surface area contributed by atoms with Crippen LogP contribution in [0.3, 0.4) is 0 Å². The van der Waals surface area contributed by atoms with Crippen molar-refractivity contribution in [2.75, 3.05) is 5.32 Å². The minimum Gasteiger partial charge on any atom is -0.317 e. The van der Waals surface area contributed by atoms with Crippen molar-refractivity contribution in [3.05, 3.63) is 63.2 Å². The number of aromatic nitrogens is 4. The van der Waals surface area contributed by atoms with E-state index in [0.717, 1.165) is 17.0 Å². The molecule has 0 radical (unpaired) electrons. The summed E-state index contributed by atoms with van der Waals surface area (Å²) in [5.74, 6) is -0.321. The second-order valence-electron chi connectivity index (χ2n) is 5.75. The van der Waals surface area contributed by atoms with Crippen LogP contribution in [-0.4, -0.2) is 25.5 Å². The number of carbonyl (C=O) groups excluding carboxylic acids is 1. The number of carbonyl (C=O) groups is 1. The molecule has 130 valence electrons. The zero-order valence-corrected chi connectivity index (χ0v) is 15.6.